The Hall–Kier alpha value is -0.760. The molecular formula is C17H28IN3O2. The molecule has 2 unspecified atom stereocenters. The number of rotatable bonds is 5. The number of nitrogens with one attached hydrogen (secondary N) is 2. The maximum absolute atomic E-state index is 5.96. The summed E-state index contributed by atoms with van der Waals surface area (Å²) in [5, 5.41) is 6.93. The third-order valence-corrected chi connectivity index (χ3v) is 5.23. The number of furan rings is 1. The quantitative estimate of drug-likeness (QED) is 0.425. The average Bonchev–Trinajstić information content (AvgIpc) is 3.21. The highest BCUT2D eigenvalue weighted by Crippen LogP contribution is 2.54. The molecule has 0 saturated heterocycles. The first-order valence-electron chi connectivity index (χ1n) is 8.39. The van der Waals surface area contributed by atoms with Crippen molar-refractivity contribution in [2.75, 3.05) is 13.7 Å². The van der Waals surface area contributed by atoms with E-state index in [1.807, 2.05) is 19.2 Å². The van der Waals surface area contributed by atoms with Crippen LogP contribution in [0.4, 0.5) is 0 Å². The van der Waals surface area contributed by atoms with E-state index in [0.717, 1.165) is 24.7 Å². The summed E-state index contributed by atoms with van der Waals surface area (Å²) >= 11 is 0. The van der Waals surface area contributed by atoms with E-state index in [1.165, 1.54) is 25.7 Å². The summed E-state index contributed by atoms with van der Waals surface area (Å²) in [5.41, 5.74) is 0.318. The number of ether oxygens (including phenoxy) is 1. The van der Waals surface area contributed by atoms with Gasteiger partial charge in [0.1, 0.15) is 5.76 Å². The van der Waals surface area contributed by atoms with Gasteiger partial charge in [0.25, 0.3) is 0 Å². The maximum atomic E-state index is 5.96. The highest BCUT2D eigenvalue weighted by Gasteiger charge is 2.56. The normalized spacial score (nSPS) is 25.7. The van der Waals surface area contributed by atoms with E-state index in [2.05, 4.69) is 22.5 Å². The summed E-state index contributed by atoms with van der Waals surface area (Å²) < 4.78 is 11.3. The molecule has 1 spiro atoms. The Bertz CT molecular complexity index is 498. The number of nitrogens with zero attached hydrogens (tertiary/aromatic N) is 1. The van der Waals surface area contributed by atoms with Crippen LogP contribution in [0.1, 0.15) is 44.8 Å². The molecule has 2 fully saturated rings. The summed E-state index contributed by atoms with van der Waals surface area (Å²) in [4.78, 5) is 4.35. The average molecular weight is 433 g/mol. The van der Waals surface area contributed by atoms with Crippen molar-refractivity contribution in [3.05, 3.63) is 24.2 Å². The van der Waals surface area contributed by atoms with Crippen LogP contribution in [0.3, 0.4) is 0 Å². The van der Waals surface area contributed by atoms with E-state index in [9.17, 15) is 0 Å². The lowest BCUT2D eigenvalue weighted by Gasteiger charge is -2.54. The molecule has 3 rings (SSSR count). The molecule has 2 aliphatic carbocycles. The Morgan fingerprint density at radius 1 is 1.43 bits per heavy atom. The summed E-state index contributed by atoms with van der Waals surface area (Å²) in [6.07, 6.45) is 8.37. The van der Waals surface area contributed by atoms with E-state index in [-0.39, 0.29) is 24.0 Å². The minimum atomic E-state index is 0. The topological polar surface area (TPSA) is 58.8 Å². The monoisotopic (exact) mass is 433 g/mol. The first kappa shape index (κ1) is 18.6. The molecule has 0 aliphatic heterocycles. The Morgan fingerprint density at radius 2 is 2.22 bits per heavy atom. The number of hydrogen-bond acceptors (Lipinski definition) is 3. The molecule has 2 saturated carbocycles. The molecule has 0 bridgehead atoms. The van der Waals surface area contributed by atoms with Gasteiger partial charge in [0.2, 0.25) is 0 Å². The first-order chi connectivity index (χ1) is 10.8. The smallest absolute Gasteiger partial charge is 0.191 e. The highest BCUT2D eigenvalue weighted by atomic mass is 127. The van der Waals surface area contributed by atoms with Crippen LogP contribution in [0.5, 0.6) is 0 Å². The van der Waals surface area contributed by atoms with E-state index in [0.29, 0.717) is 24.1 Å². The highest BCUT2D eigenvalue weighted by molar-refractivity contribution is 14.0. The predicted octanol–water partition coefficient (Wildman–Crippen LogP) is 3.30. The van der Waals surface area contributed by atoms with Crippen LogP contribution in [-0.2, 0) is 11.3 Å². The van der Waals surface area contributed by atoms with Gasteiger partial charge < -0.3 is 19.8 Å². The SMILES string of the molecule is CCOC1CC(NC(=NC)NCc2ccco2)C12CCCC2.I. The van der Waals surface area contributed by atoms with Crippen LogP contribution in [0.2, 0.25) is 0 Å². The predicted molar refractivity (Wildman–Crippen MR) is 102 cm³/mol. The van der Waals surface area contributed by atoms with Crippen LogP contribution in [0, 0.1) is 5.41 Å². The van der Waals surface area contributed by atoms with Crippen molar-refractivity contribution in [2.45, 2.75) is 57.7 Å². The van der Waals surface area contributed by atoms with Gasteiger partial charge in [0, 0.05) is 25.1 Å². The molecule has 0 amide bonds. The molecule has 0 aromatic carbocycles. The zero-order chi connectivity index (χ0) is 15.4. The van der Waals surface area contributed by atoms with Crippen molar-refractivity contribution in [3.63, 3.8) is 0 Å². The Labute approximate surface area is 155 Å². The number of hydrogen-bond donors (Lipinski definition) is 2. The summed E-state index contributed by atoms with van der Waals surface area (Å²) in [7, 11) is 1.82. The van der Waals surface area contributed by atoms with E-state index < -0.39 is 0 Å². The van der Waals surface area contributed by atoms with E-state index >= 15 is 0 Å². The second-order valence-corrected chi connectivity index (χ2v) is 6.32. The molecule has 2 N–H and O–H groups in total. The van der Waals surface area contributed by atoms with Gasteiger partial charge in [-0.25, -0.2) is 0 Å². The lowest BCUT2D eigenvalue weighted by molar-refractivity contribution is -0.125. The molecule has 130 valence electrons. The second kappa shape index (κ2) is 8.37. The van der Waals surface area contributed by atoms with Gasteiger partial charge in [0.15, 0.2) is 5.96 Å². The number of halogens is 1. The van der Waals surface area contributed by atoms with Gasteiger partial charge >= 0.3 is 0 Å². The van der Waals surface area contributed by atoms with Crippen LogP contribution < -0.4 is 10.6 Å². The molecule has 1 aromatic heterocycles. The van der Waals surface area contributed by atoms with Crippen molar-refractivity contribution < 1.29 is 9.15 Å². The summed E-state index contributed by atoms with van der Waals surface area (Å²) in [6.45, 7) is 3.55. The zero-order valence-corrected chi connectivity index (χ0v) is 16.3. The molecule has 5 nitrogen and oxygen atoms in total. The number of guanidine groups is 1. The third-order valence-electron chi connectivity index (χ3n) is 5.23. The van der Waals surface area contributed by atoms with Crippen LogP contribution in [-0.4, -0.2) is 31.8 Å². The third kappa shape index (κ3) is 3.84. The van der Waals surface area contributed by atoms with E-state index in [4.69, 9.17) is 9.15 Å². The van der Waals surface area contributed by atoms with Gasteiger partial charge in [-0.05, 0) is 38.3 Å². The lowest BCUT2D eigenvalue weighted by Crippen LogP contribution is -2.65. The molecule has 2 aliphatic rings. The standard InChI is InChI=1S/C17H27N3O2.HI/c1-3-21-15-11-14(17(15)8-4-5-9-17)20-16(18-2)19-12-13-7-6-10-22-13;/h6-7,10,14-15H,3-5,8-9,11-12H2,1-2H3,(H2,18,19,20);1H. The van der Waals surface area contributed by atoms with Crippen molar-refractivity contribution in [1.29, 1.82) is 0 Å². The van der Waals surface area contributed by atoms with E-state index in [1.54, 1.807) is 6.26 Å². The minimum Gasteiger partial charge on any atom is -0.467 e. The minimum absolute atomic E-state index is 0. The molecular weight excluding hydrogens is 405 g/mol. The summed E-state index contributed by atoms with van der Waals surface area (Å²) in [6, 6.07) is 4.33. The second-order valence-electron chi connectivity index (χ2n) is 6.32. The van der Waals surface area contributed by atoms with Gasteiger partial charge in [-0.2, -0.15) is 0 Å². The van der Waals surface area contributed by atoms with Gasteiger partial charge in [0.05, 0.1) is 18.9 Å². The molecule has 6 heteroatoms. The number of aliphatic imine (C=N–C) groups is 1. The van der Waals surface area contributed by atoms with Crippen molar-refractivity contribution in [3.8, 4) is 0 Å². The fourth-order valence-electron chi connectivity index (χ4n) is 4.03. The summed E-state index contributed by atoms with van der Waals surface area (Å²) in [5.74, 6) is 1.77. The Morgan fingerprint density at radius 3 is 2.83 bits per heavy atom. The van der Waals surface area contributed by atoms with Crippen molar-refractivity contribution >= 4 is 29.9 Å². The zero-order valence-electron chi connectivity index (χ0n) is 14.0. The molecule has 1 aromatic rings. The Kier molecular flexibility index (Phi) is 6.76. The fraction of sp³-hybridized carbons (Fsp3) is 0.706. The van der Waals surface area contributed by atoms with Gasteiger partial charge in [-0.3, -0.25) is 4.99 Å². The molecule has 2 atom stereocenters. The van der Waals surface area contributed by atoms with Crippen molar-refractivity contribution in [2.24, 2.45) is 10.4 Å². The lowest BCUT2D eigenvalue weighted by atomic mass is 9.60. The Balaban J connectivity index is 0.00000192. The maximum Gasteiger partial charge on any atom is 0.191 e. The van der Waals surface area contributed by atoms with Gasteiger partial charge in [-0.15, -0.1) is 24.0 Å². The fourth-order valence-corrected chi connectivity index (χ4v) is 4.03. The van der Waals surface area contributed by atoms with Crippen LogP contribution >= 0.6 is 24.0 Å². The van der Waals surface area contributed by atoms with Crippen molar-refractivity contribution in [1.82, 2.24) is 10.6 Å². The van der Waals surface area contributed by atoms with Crippen LogP contribution in [0.25, 0.3) is 0 Å². The van der Waals surface area contributed by atoms with Crippen LogP contribution in [0.15, 0.2) is 27.8 Å². The molecule has 1 heterocycles. The molecule has 0 radical (unpaired) electrons. The first-order valence-corrected chi connectivity index (χ1v) is 8.39. The largest absolute Gasteiger partial charge is 0.467 e. The molecule has 23 heavy (non-hydrogen) atoms. The van der Waals surface area contributed by atoms with Gasteiger partial charge in [-0.1, -0.05) is 12.8 Å².